The standard InChI is InChI=1S/C17H28N2O4/c1-12(2)10-15(21)19-8-4-13(5-9-19)18-14(20)11-17(16(22)23)6-3-7-17/h12-13H,3-11H2,1-2H3,(H,18,20)(H,22,23). The molecule has 1 saturated heterocycles. The minimum atomic E-state index is -0.854. The van der Waals surface area contributed by atoms with Crippen molar-refractivity contribution in [2.75, 3.05) is 13.1 Å². The van der Waals surface area contributed by atoms with Gasteiger partial charge >= 0.3 is 5.97 Å². The van der Waals surface area contributed by atoms with E-state index in [2.05, 4.69) is 5.32 Å². The van der Waals surface area contributed by atoms with Crippen LogP contribution in [0.4, 0.5) is 0 Å². The zero-order chi connectivity index (χ0) is 17.0. The summed E-state index contributed by atoms with van der Waals surface area (Å²) < 4.78 is 0. The molecule has 0 aromatic rings. The van der Waals surface area contributed by atoms with Crippen molar-refractivity contribution in [3.63, 3.8) is 0 Å². The summed E-state index contributed by atoms with van der Waals surface area (Å²) in [6.07, 6.45) is 4.21. The molecule has 6 nitrogen and oxygen atoms in total. The highest BCUT2D eigenvalue weighted by Gasteiger charge is 2.46. The molecule has 23 heavy (non-hydrogen) atoms. The van der Waals surface area contributed by atoms with E-state index in [0.29, 0.717) is 38.3 Å². The Morgan fingerprint density at radius 3 is 2.26 bits per heavy atom. The molecule has 0 aromatic heterocycles. The highest BCUT2D eigenvalue weighted by atomic mass is 16.4. The molecular formula is C17H28N2O4. The fourth-order valence-corrected chi connectivity index (χ4v) is 3.41. The van der Waals surface area contributed by atoms with Crippen LogP contribution in [0, 0.1) is 11.3 Å². The van der Waals surface area contributed by atoms with E-state index in [4.69, 9.17) is 0 Å². The van der Waals surface area contributed by atoms with Crippen LogP contribution >= 0.6 is 0 Å². The van der Waals surface area contributed by atoms with E-state index in [0.717, 1.165) is 19.3 Å². The summed E-state index contributed by atoms with van der Waals surface area (Å²) in [6.45, 7) is 5.40. The Labute approximate surface area is 137 Å². The maximum Gasteiger partial charge on any atom is 0.310 e. The number of nitrogens with zero attached hydrogens (tertiary/aromatic N) is 1. The molecule has 0 unspecified atom stereocenters. The Bertz CT molecular complexity index is 463. The summed E-state index contributed by atoms with van der Waals surface area (Å²) >= 11 is 0. The average molecular weight is 324 g/mol. The molecule has 0 atom stereocenters. The van der Waals surface area contributed by atoms with Gasteiger partial charge in [-0.3, -0.25) is 14.4 Å². The van der Waals surface area contributed by atoms with Crippen LogP contribution < -0.4 is 5.32 Å². The fraction of sp³-hybridized carbons (Fsp3) is 0.824. The lowest BCUT2D eigenvalue weighted by Crippen LogP contribution is -2.49. The molecule has 2 rings (SSSR count). The van der Waals surface area contributed by atoms with Crippen molar-refractivity contribution in [3.8, 4) is 0 Å². The summed E-state index contributed by atoms with van der Waals surface area (Å²) in [5.41, 5.74) is -0.835. The van der Waals surface area contributed by atoms with Gasteiger partial charge in [0.2, 0.25) is 11.8 Å². The minimum Gasteiger partial charge on any atom is -0.481 e. The Kier molecular flexibility index (Phi) is 5.65. The molecule has 1 aliphatic heterocycles. The van der Waals surface area contributed by atoms with Gasteiger partial charge in [0.15, 0.2) is 0 Å². The van der Waals surface area contributed by atoms with E-state index >= 15 is 0 Å². The largest absolute Gasteiger partial charge is 0.481 e. The van der Waals surface area contributed by atoms with Crippen LogP contribution in [-0.4, -0.2) is 46.9 Å². The van der Waals surface area contributed by atoms with Gasteiger partial charge in [0.05, 0.1) is 5.41 Å². The van der Waals surface area contributed by atoms with E-state index in [1.165, 1.54) is 0 Å². The first kappa shape index (κ1) is 17.8. The van der Waals surface area contributed by atoms with Crippen LogP contribution in [0.25, 0.3) is 0 Å². The van der Waals surface area contributed by atoms with Gasteiger partial charge < -0.3 is 15.3 Å². The number of nitrogens with one attached hydrogen (secondary N) is 1. The Hall–Kier alpha value is -1.59. The number of amides is 2. The number of piperidine rings is 1. The summed E-state index contributed by atoms with van der Waals surface area (Å²) in [7, 11) is 0. The van der Waals surface area contributed by atoms with Gasteiger partial charge in [-0.05, 0) is 31.6 Å². The lowest BCUT2D eigenvalue weighted by Gasteiger charge is -2.38. The van der Waals surface area contributed by atoms with Crippen molar-refractivity contribution in [3.05, 3.63) is 0 Å². The average Bonchev–Trinajstić information content (AvgIpc) is 2.42. The quantitative estimate of drug-likeness (QED) is 0.780. The van der Waals surface area contributed by atoms with Crippen molar-refractivity contribution < 1.29 is 19.5 Å². The molecule has 1 saturated carbocycles. The zero-order valence-electron chi connectivity index (χ0n) is 14.1. The van der Waals surface area contributed by atoms with Gasteiger partial charge in [0.25, 0.3) is 0 Å². The van der Waals surface area contributed by atoms with Gasteiger partial charge in [0, 0.05) is 32.0 Å². The Morgan fingerprint density at radius 1 is 1.22 bits per heavy atom. The number of hydrogen-bond acceptors (Lipinski definition) is 3. The van der Waals surface area contributed by atoms with Crippen LogP contribution in [0.1, 0.15) is 58.8 Å². The first-order chi connectivity index (χ1) is 10.8. The molecule has 130 valence electrons. The molecule has 0 aromatic carbocycles. The van der Waals surface area contributed by atoms with E-state index in [1.54, 1.807) is 0 Å². The van der Waals surface area contributed by atoms with Crippen LogP contribution in [0.15, 0.2) is 0 Å². The van der Waals surface area contributed by atoms with Crippen molar-refractivity contribution in [2.45, 2.75) is 64.8 Å². The van der Waals surface area contributed by atoms with E-state index in [1.807, 2.05) is 18.7 Å². The lowest BCUT2D eigenvalue weighted by atomic mass is 9.66. The minimum absolute atomic E-state index is 0.0523. The number of carboxylic acid groups (broad SMARTS) is 1. The molecule has 6 heteroatoms. The van der Waals surface area contributed by atoms with Gasteiger partial charge in [-0.25, -0.2) is 0 Å². The van der Waals surface area contributed by atoms with Crippen LogP contribution in [0.2, 0.25) is 0 Å². The monoisotopic (exact) mass is 324 g/mol. The maximum absolute atomic E-state index is 12.1. The molecule has 2 N–H and O–H groups in total. The number of carbonyl (C=O) groups excluding carboxylic acids is 2. The normalized spacial score (nSPS) is 20.9. The second kappa shape index (κ2) is 7.32. The number of aliphatic carboxylic acids is 1. The van der Waals surface area contributed by atoms with Gasteiger partial charge in [-0.2, -0.15) is 0 Å². The number of rotatable bonds is 6. The number of carbonyl (C=O) groups is 3. The zero-order valence-corrected chi connectivity index (χ0v) is 14.1. The second-order valence-corrected chi connectivity index (χ2v) is 7.44. The van der Waals surface area contributed by atoms with Crippen molar-refractivity contribution in [1.29, 1.82) is 0 Å². The predicted octanol–water partition coefficient (Wildman–Crippen LogP) is 1.78. The van der Waals surface area contributed by atoms with Crippen molar-refractivity contribution >= 4 is 17.8 Å². The molecule has 1 aliphatic carbocycles. The first-order valence-corrected chi connectivity index (χ1v) is 8.63. The number of hydrogen-bond donors (Lipinski definition) is 2. The first-order valence-electron chi connectivity index (χ1n) is 8.63. The van der Waals surface area contributed by atoms with Gasteiger partial charge in [-0.1, -0.05) is 20.3 Å². The molecule has 2 fully saturated rings. The third-order valence-electron chi connectivity index (χ3n) is 5.06. The topological polar surface area (TPSA) is 86.7 Å². The molecule has 1 heterocycles. The maximum atomic E-state index is 12.1. The predicted molar refractivity (Wildman–Crippen MR) is 85.7 cm³/mol. The molecule has 2 aliphatic rings. The number of likely N-dealkylation sites (tertiary alicyclic amines) is 1. The molecular weight excluding hydrogens is 296 g/mol. The van der Waals surface area contributed by atoms with Gasteiger partial charge in [-0.15, -0.1) is 0 Å². The lowest BCUT2D eigenvalue weighted by molar-refractivity contribution is -0.157. The molecule has 0 bridgehead atoms. The molecule has 2 amide bonds. The van der Waals surface area contributed by atoms with Crippen molar-refractivity contribution in [1.82, 2.24) is 10.2 Å². The fourth-order valence-electron chi connectivity index (χ4n) is 3.41. The number of carboxylic acids is 1. The Balaban J connectivity index is 1.75. The summed E-state index contributed by atoms with van der Waals surface area (Å²) in [5.74, 6) is -0.481. The summed E-state index contributed by atoms with van der Waals surface area (Å²) in [5, 5.41) is 12.2. The van der Waals surface area contributed by atoms with Crippen LogP contribution in [-0.2, 0) is 14.4 Å². The van der Waals surface area contributed by atoms with E-state index in [-0.39, 0.29) is 24.3 Å². The Morgan fingerprint density at radius 2 is 1.83 bits per heavy atom. The summed E-state index contributed by atoms with van der Waals surface area (Å²) in [4.78, 5) is 37.3. The smallest absolute Gasteiger partial charge is 0.310 e. The molecule has 0 radical (unpaired) electrons. The van der Waals surface area contributed by atoms with Gasteiger partial charge in [0.1, 0.15) is 0 Å². The highest BCUT2D eigenvalue weighted by Crippen LogP contribution is 2.44. The molecule has 0 spiro atoms. The second-order valence-electron chi connectivity index (χ2n) is 7.44. The van der Waals surface area contributed by atoms with Crippen molar-refractivity contribution in [2.24, 2.45) is 11.3 Å². The third kappa shape index (κ3) is 4.45. The summed E-state index contributed by atoms with van der Waals surface area (Å²) in [6, 6.07) is 0.0523. The highest BCUT2D eigenvalue weighted by molar-refractivity contribution is 5.85. The van der Waals surface area contributed by atoms with E-state index < -0.39 is 11.4 Å². The third-order valence-corrected chi connectivity index (χ3v) is 5.06. The van der Waals surface area contributed by atoms with E-state index in [9.17, 15) is 19.5 Å². The SMILES string of the molecule is CC(C)CC(=O)N1CCC(NC(=O)CC2(C(=O)O)CCC2)CC1. The van der Waals surface area contributed by atoms with Crippen LogP contribution in [0.5, 0.6) is 0 Å². The van der Waals surface area contributed by atoms with Crippen LogP contribution in [0.3, 0.4) is 0 Å².